The lowest BCUT2D eigenvalue weighted by Crippen LogP contribution is -2.23. The first-order chi connectivity index (χ1) is 16.1. The first-order valence-corrected chi connectivity index (χ1v) is 11.6. The molecule has 2 aliphatic heterocycles. The number of benzene rings is 3. The lowest BCUT2D eigenvalue weighted by atomic mass is 9.98. The number of carbonyl (C=O) groups is 1. The van der Waals surface area contributed by atoms with Crippen molar-refractivity contribution in [1.82, 2.24) is 5.01 Å². The number of thioether (sulfide) groups is 1. The molecule has 164 valence electrons. The molecule has 0 radical (unpaired) electrons. The molecule has 1 amide bonds. The molecule has 1 unspecified atom stereocenters. The molecule has 33 heavy (non-hydrogen) atoms. The van der Waals surface area contributed by atoms with Crippen molar-refractivity contribution in [3.8, 4) is 5.75 Å². The molecule has 0 saturated heterocycles. The van der Waals surface area contributed by atoms with E-state index >= 15 is 0 Å². The Morgan fingerprint density at radius 2 is 1.73 bits per heavy atom. The maximum Gasteiger partial charge on any atom is 0.286 e. The SMILES string of the molecule is COc1ccc(C2CC(c3ccccc3)=NN2C2=NC(=O)/C(=C/c3ccccc3C)S2)cc1. The minimum Gasteiger partial charge on any atom is -0.497 e. The predicted octanol–water partition coefficient (Wildman–Crippen LogP) is 5.83. The number of hydrazone groups is 1. The van der Waals surface area contributed by atoms with Gasteiger partial charge in [0.15, 0.2) is 5.17 Å². The topological polar surface area (TPSA) is 54.3 Å². The molecule has 0 fully saturated rings. The minimum atomic E-state index is -0.227. The molecule has 1 atom stereocenters. The Bertz CT molecular complexity index is 1280. The molecule has 0 N–H and O–H groups in total. The molecule has 0 spiro atoms. The molecular formula is C27H23N3O2S. The van der Waals surface area contributed by atoms with E-state index in [1.54, 1.807) is 7.11 Å². The van der Waals surface area contributed by atoms with Crippen molar-refractivity contribution >= 4 is 34.6 Å². The molecule has 2 aliphatic rings. The van der Waals surface area contributed by atoms with Crippen molar-refractivity contribution < 1.29 is 9.53 Å². The van der Waals surface area contributed by atoms with Crippen LogP contribution >= 0.6 is 11.8 Å². The van der Waals surface area contributed by atoms with E-state index in [1.165, 1.54) is 11.8 Å². The van der Waals surface area contributed by atoms with Gasteiger partial charge in [-0.2, -0.15) is 10.1 Å². The summed E-state index contributed by atoms with van der Waals surface area (Å²) in [6.07, 6.45) is 2.64. The van der Waals surface area contributed by atoms with Gasteiger partial charge in [0.1, 0.15) is 5.75 Å². The largest absolute Gasteiger partial charge is 0.497 e. The summed E-state index contributed by atoms with van der Waals surface area (Å²) in [6.45, 7) is 2.04. The molecule has 3 aromatic carbocycles. The van der Waals surface area contributed by atoms with Crippen molar-refractivity contribution in [3.05, 3.63) is 106 Å². The van der Waals surface area contributed by atoms with Crippen molar-refractivity contribution in [1.29, 1.82) is 0 Å². The van der Waals surface area contributed by atoms with Crippen LogP contribution in [0.5, 0.6) is 5.75 Å². The highest BCUT2D eigenvalue weighted by molar-refractivity contribution is 8.18. The van der Waals surface area contributed by atoms with Crippen LogP contribution in [-0.2, 0) is 4.79 Å². The molecule has 0 aliphatic carbocycles. The van der Waals surface area contributed by atoms with Crippen LogP contribution in [0, 0.1) is 6.92 Å². The fraction of sp³-hybridized carbons (Fsp3) is 0.148. The third kappa shape index (κ3) is 4.34. The Morgan fingerprint density at radius 3 is 2.45 bits per heavy atom. The van der Waals surface area contributed by atoms with E-state index in [0.717, 1.165) is 40.1 Å². The summed E-state index contributed by atoms with van der Waals surface area (Å²) in [7, 11) is 1.66. The lowest BCUT2D eigenvalue weighted by molar-refractivity contribution is -0.113. The fourth-order valence-electron chi connectivity index (χ4n) is 3.96. The average molecular weight is 454 g/mol. The zero-order valence-electron chi connectivity index (χ0n) is 18.4. The molecule has 0 saturated carbocycles. The van der Waals surface area contributed by atoms with Gasteiger partial charge in [-0.25, -0.2) is 5.01 Å². The van der Waals surface area contributed by atoms with Crippen LogP contribution < -0.4 is 4.74 Å². The van der Waals surface area contributed by atoms with E-state index in [1.807, 2.05) is 84.7 Å². The van der Waals surface area contributed by atoms with Gasteiger partial charge in [-0.3, -0.25) is 4.79 Å². The molecule has 0 aromatic heterocycles. The molecule has 5 rings (SSSR count). The zero-order chi connectivity index (χ0) is 22.8. The van der Waals surface area contributed by atoms with Gasteiger partial charge in [-0.15, -0.1) is 0 Å². The van der Waals surface area contributed by atoms with Crippen molar-refractivity contribution in [2.75, 3.05) is 7.11 Å². The van der Waals surface area contributed by atoms with Crippen molar-refractivity contribution in [2.45, 2.75) is 19.4 Å². The normalized spacial score (nSPS) is 19.1. The van der Waals surface area contributed by atoms with E-state index in [4.69, 9.17) is 9.84 Å². The number of methoxy groups -OCH3 is 1. The Hall–Kier alpha value is -3.64. The second-order valence-electron chi connectivity index (χ2n) is 7.92. The van der Waals surface area contributed by atoms with E-state index in [-0.39, 0.29) is 11.9 Å². The number of hydrogen-bond donors (Lipinski definition) is 0. The van der Waals surface area contributed by atoms with Crippen LogP contribution in [0.25, 0.3) is 6.08 Å². The first-order valence-electron chi connectivity index (χ1n) is 10.8. The van der Waals surface area contributed by atoms with Crippen LogP contribution in [0.15, 0.2) is 93.9 Å². The number of hydrogen-bond acceptors (Lipinski definition) is 5. The number of aryl methyl sites for hydroxylation is 1. The Morgan fingerprint density at radius 1 is 1.00 bits per heavy atom. The molecule has 2 heterocycles. The van der Waals surface area contributed by atoms with E-state index in [0.29, 0.717) is 10.1 Å². The summed E-state index contributed by atoms with van der Waals surface area (Å²) < 4.78 is 5.32. The Kier molecular flexibility index (Phi) is 5.84. The quantitative estimate of drug-likeness (QED) is 0.467. The van der Waals surface area contributed by atoms with E-state index in [2.05, 4.69) is 17.1 Å². The minimum absolute atomic E-state index is 0.0528. The summed E-state index contributed by atoms with van der Waals surface area (Å²) in [5, 5.41) is 7.42. The summed E-state index contributed by atoms with van der Waals surface area (Å²) in [5.74, 6) is 0.578. The number of amidine groups is 1. The molecule has 5 nitrogen and oxygen atoms in total. The second kappa shape index (κ2) is 9.08. The van der Waals surface area contributed by atoms with Gasteiger partial charge in [0.2, 0.25) is 0 Å². The van der Waals surface area contributed by atoms with Crippen LogP contribution in [0.3, 0.4) is 0 Å². The number of nitrogens with zero attached hydrogens (tertiary/aromatic N) is 3. The third-order valence-electron chi connectivity index (χ3n) is 5.80. The van der Waals surface area contributed by atoms with Crippen LogP contribution in [0.4, 0.5) is 0 Å². The monoisotopic (exact) mass is 453 g/mol. The van der Waals surface area contributed by atoms with Gasteiger partial charge < -0.3 is 4.74 Å². The lowest BCUT2D eigenvalue weighted by Gasteiger charge is -2.22. The number of ether oxygens (including phenoxy) is 1. The molecule has 6 heteroatoms. The van der Waals surface area contributed by atoms with Crippen LogP contribution in [0.1, 0.15) is 34.7 Å². The van der Waals surface area contributed by atoms with Gasteiger partial charge in [-0.1, -0.05) is 66.7 Å². The summed E-state index contributed by atoms with van der Waals surface area (Å²) in [6, 6.07) is 26.1. The second-order valence-corrected chi connectivity index (χ2v) is 8.93. The van der Waals surface area contributed by atoms with E-state index in [9.17, 15) is 4.79 Å². The molecule has 3 aromatic rings. The Balaban J connectivity index is 1.48. The van der Waals surface area contributed by atoms with Gasteiger partial charge >= 0.3 is 0 Å². The zero-order valence-corrected chi connectivity index (χ0v) is 19.3. The molecule has 0 bridgehead atoms. The van der Waals surface area contributed by atoms with Gasteiger partial charge in [0, 0.05) is 6.42 Å². The highest BCUT2D eigenvalue weighted by Crippen LogP contribution is 2.40. The van der Waals surface area contributed by atoms with E-state index < -0.39 is 0 Å². The summed E-state index contributed by atoms with van der Waals surface area (Å²) in [4.78, 5) is 17.8. The average Bonchev–Trinajstić information content (AvgIpc) is 3.45. The summed E-state index contributed by atoms with van der Waals surface area (Å²) >= 11 is 1.38. The van der Waals surface area contributed by atoms with Gasteiger partial charge in [0.25, 0.3) is 5.91 Å². The highest BCUT2D eigenvalue weighted by atomic mass is 32.2. The van der Waals surface area contributed by atoms with Crippen molar-refractivity contribution in [2.24, 2.45) is 10.1 Å². The summed E-state index contributed by atoms with van der Waals surface area (Å²) in [5.41, 5.74) is 5.28. The maximum atomic E-state index is 12.8. The number of amides is 1. The van der Waals surface area contributed by atoms with Gasteiger partial charge in [0.05, 0.1) is 23.8 Å². The number of aliphatic imine (C=N–C) groups is 1. The van der Waals surface area contributed by atoms with Crippen LogP contribution in [-0.4, -0.2) is 28.9 Å². The van der Waals surface area contributed by atoms with Crippen molar-refractivity contribution in [3.63, 3.8) is 0 Å². The maximum absolute atomic E-state index is 12.8. The number of rotatable bonds is 4. The predicted molar refractivity (Wildman–Crippen MR) is 134 cm³/mol. The fourth-order valence-corrected chi connectivity index (χ4v) is 4.87. The Labute approximate surface area is 197 Å². The number of carbonyl (C=O) groups excluding carboxylic acids is 1. The molecular weight excluding hydrogens is 430 g/mol. The van der Waals surface area contributed by atoms with Gasteiger partial charge in [-0.05, 0) is 59.1 Å². The van der Waals surface area contributed by atoms with Crippen LogP contribution in [0.2, 0.25) is 0 Å². The standard InChI is InChI=1S/C27H23N3O2S/c1-18-8-6-7-11-21(18)16-25-26(31)28-27(33-25)30-24(20-12-14-22(32-2)15-13-20)17-23(29-30)19-9-4-3-5-10-19/h3-16,24H,17H2,1-2H3/b25-16-. The highest BCUT2D eigenvalue weighted by Gasteiger charge is 2.36. The first kappa shape index (κ1) is 21.2. The smallest absolute Gasteiger partial charge is 0.286 e. The third-order valence-corrected chi connectivity index (χ3v) is 6.77.